The molecule has 0 fully saturated rings. The number of aryl methyl sites for hydroxylation is 6. The minimum Gasteiger partial charge on any atom is -0.220 e. The molecule has 0 saturated heterocycles. The van der Waals surface area contributed by atoms with Crippen molar-refractivity contribution < 1.29 is 42.8 Å². The molecule has 0 radical (unpaired) electrons. The Balaban J connectivity index is 0.000000387. The minimum absolute atomic E-state index is 0.0837. The molecule has 0 atom stereocenters. The maximum atomic E-state index is 11.0. The van der Waals surface area contributed by atoms with Crippen LogP contribution in [0.4, 0.5) is 13.2 Å². The van der Waals surface area contributed by atoms with E-state index in [0.29, 0.717) is 0 Å². The first-order valence-electron chi connectivity index (χ1n) is 8.20. The van der Waals surface area contributed by atoms with Crippen LogP contribution in [0.15, 0.2) is 24.3 Å². The SMILES string of the molecule is CS(=O)(=O)C(F)(F)F.Cc1cc(C)c([I+]c2c(C)cc(C)cc2C)c(C)c1. The number of sulfone groups is 1. The third-order valence-corrected chi connectivity index (χ3v) is 9.09. The number of hydrogen-bond donors (Lipinski definition) is 0. The van der Waals surface area contributed by atoms with Crippen LogP contribution in [0.1, 0.15) is 33.4 Å². The first-order valence-corrected chi connectivity index (χ1v) is 12.2. The van der Waals surface area contributed by atoms with Gasteiger partial charge in [-0.2, -0.15) is 13.2 Å². The predicted molar refractivity (Wildman–Crippen MR) is 99.6 cm³/mol. The summed E-state index contributed by atoms with van der Waals surface area (Å²) in [6, 6.07) is 9.28. The smallest absolute Gasteiger partial charge is 0.220 e. The molecule has 2 nitrogen and oxygen atoms in total. The topological polar surface area (TPSA) is 34.1 Å². The van der Waals surface area contributed by atoms with Crippen LogP contribution < -0.4 is 21.2 Å². The third kappa shape index (κ3) is 6.78. The van der Waals surface area contributed by atoms with Crippen LogP contribution in [0.25, 0.3) is 0 Å². The molecule has 0 aromatic heterocycles. The quantitative estimate of drug-likeness (QED) is 0.578. The third-order valence-electron chi connectivity index (χ3n) is 3.77. The highest BCUT2D eigenvalue weighted by atomic mass is 127. The maximum Gasteiger partial charge on any atom is 0.497 e. The summed E-state index contributed by atoms with van der Waals surface area (Å²) in [5.41, 5.74) is 3.51. The fraction of sp³-hybridized carbons (Fsp3) is 0.400. The van der Waals surface area contributed by atoms with Crippen molar-refractivity contribution in [3.05, 3.63) is 64.8 Å². The van der Waals surface area contributed by atoms with Gasteiger partial charge in [0.2, 0.25) is 9.84 Å². The highest BCUT2D eigenvalue weighted by Crippen LogP contribution is 2.20. The second-order valence-corrected chi connectivity index (χ2v) is 11.4. The summed E-state index contributed by atoms with van der Waals surface area (Å²) in [6.45, 7) is 13.4. The lowest BCUT2D eigenvalue weighted by atomic mass is 10.1. The van der Waals surface area contributed by atoms with E-state index in [4.69, 9.17) is 0 Å². The number of halogens is 4. The number of alkyl halides is 3. The highest BCUT2D eigenvalue weighted by molar-refractivity contribution is 7.91. The van der Waals surface area contributed by atoms with E-state index in [0.717, 1.165) is 0 Å². The van der Waals surface area contributed by atoms with E-state index >= 15 is 0 Å². The summed E-state index contributed by atoms with van der Waals surface area (Å²) >= 11 is -0.0837. The molecule has 0 aliphatic carbocycles. The highest BCUT2D eigenvalue weighted by Gasteiger charge is 2.41. The Kier molecular flexibility index (Phi) is 7.93. The summed E-state index contributed by atoms with van der Waals surface area (Å²) in [5.74, 6) is 0. The molecule has 0 heterocycles. The molecular formula is C20H25F3IO2S+. The lowest BCUT2D eigenvalue weighted by Gasteiger charge is -2.04. The van der Waals surface area contributed by atoms with Crippen LogP contribution in [0.3, 0.4) is 0 Å². The fourth-order valence-corrected chi connectivity index (χ4v) is 5.58. The lowest BCUT2D eigenvalue weighted by Crippen LogP contribution is -3.62. The van der Waals surface area contributed by atoms with Gasteiger partial charge in [0.25, 0.3) is 0 Å². The van der Waals surface area contributed by atoms with E-state index in [1.54, 1.807) is 7.14 Å². The van der Waals surface area contributed by atoms with Crippen LogP contribution in [-0.2, 0) is 9.84 Å². The largest absolute Gasteiger partial charge is 0.497 e. The molecule has 0 saturated carbocycles. The zero-order valence-corrected chi connectivity index (χ0v) is 19.5. The summed E-state index contributed by atoms with van der Waals surface area (Å²) in [5, 5.41) is 0. The van der Waals surface area contributed by atoms with E-state index in [9.17, 15) is 21.6 Å². The van der Waals surface area contributed by atoms with Gasteiger partial charge in [0, 0.05) is 28.5 Å². The molecule has 2 rings (SSSR count). The molecule has 0 bridgehead atoms. The average Bonchev–Trinajstić information content (AvgIpc) is 2.43. The van der Waals surface area contributed by atoms with Gasteiger partial charge in [-0.1, -0.05) is 35.4 Å². The Hall–Kier alpha value is -1.09. The standard InChI is InChI=1S/C18H22I.C2H3F3O2S/c1-11-7-13(3)17(14(4)8-11)19-18-15(5)9-12(2)10-16(18)6;1-8(6,7)2(3,4)5/h7-10H,1-6H3;1H3/q+1;. The molecule has 0 aliphatic heterocycles. The monoisotopic (exact) mass is 513 g/mol. The van der Waals surface area contributed by atoms with Gasteiger partial charge in [-0.05, 0) is 41.5 Å². The molecule has 0 N–H and O–H groups in total. The fourth-order valence-electron chi connectivity index (χ4n) is 2.72. The number of benzene rings is 2. The van der Waals surface area contributed by atoms with Crippen molar-refractivity contribution in [2.24, 2.45) is 0 Å². The van der Waals surface area contributed by atoms with Crippen LogP contribution in [0.5, 0.6) is 0 Å². The van der Waals surface area contributed by atoms with Gasteiger partial charge in [0.15, 0.2) is 7.14 Å². The second kappa shape index (κ2) is 8.94. The lowest BCUT2D eigenvalue weighted by molar-refractivity contribution is -0.600. The van der Waals surface area contributed by atoms with Crippen molar-refractivity contribution in [3.8, 4) is 0 Å². The molecule has 0 amide bonds. The Morgan fingerprint density at radius 2 is 0.926 bits per heavy atom. The van der Waals surface area contributed by atoms with Crippen molar-refractivity contribution >= 4 is 9.84 Å². The molecule has 150 valence electrons. The van der Waals surface area contributed by atoms with E-state index in [-0.39, 0.29) is 27.5 Å². The molecule has 7 heteroatoms. The van der Waals surface area contributed by atoms with Crippen LogP contribution in [0.2, 0.25) is 0 Å². The first-order chi connectivity index (χ1) is 12.1. The normalized spacial score (nSPS) is 11.8. The van der Waals surface area contributed by atoms with Crippen molar-refractivity contribution in [2.45, 2.75) is 47.1 Å². The van der Waals surface area contributed by atoms with E-state index in [1.165, 1.54) is 33.4 Å². The minimum atomic E-state index is -5.09. The van der Waals surface area contributed by atoms with Gasteiger partial charge in [0.1, 0.15) is 0 Å². The van der Waals surface area contributed by atoms with E-state index < -0.39 is 15.3 Å². The number of hydrogen-bond acceptors (Lipinski definition) is 2. The summed E-state index contributed by atoms with van der Waals surface area (Å²) < 4.78 is 55.2. The molecule has 0 spiro atoms. The molecular weight excluding hydrogens is 488 g/mol. The Labute approximate surface area is 170 Å². The van der Waals surface area contributed by atoms with Crippen molar-refractivity contribution in [3.63, 3.8) is 0 Å². The van der Waals surface area contributed by atoms with E-state index in [2.05, 4.69) is 65.8 Å². The van der Waals surface area contributed by atoms with Gasteiger partial charge in [-0.3, -0.25) is 0 Å². The Bertz CT molecular complexity index is 831. The molecule has 0 aliphatic rings. The van der Waals surface area contributed by atoms with Crippen molar-refractivity contribution in [1.29, 1.82) is 0 Å². The van der Waals surface area contributed by atoms with Gasteiger partial charge >= 0.3 is 26.7 Å². The summed E-state index contributed by atoms with van der Waals surface area (Å²) in [4.78, 5) is 0. The van der Waals surface area contributed by atoms with Gasteiger partial charge in [-0.25, -0.2) is 8.42 Å². The second-order valence-electron chi connectivity index (χ2n) is 6.74. The van der Waals surface area contributed by atoms with Crippen LogP contribution >= 0.6 is 0 Å². The Morgan fingerprint density at radius 1 is 0.704 bits per heavy atom. The zero-order valence-electron chi connectivity index (χ0n) is 16.5. The van der Waals surface area contributed by atoms with Crippen molar-refractivity contribution in [2.75, 3.05) is 6.26 Å². The van der Waals surface area contributed by atoms with Crippen LogP contribution in [-0.4, -0.2) is 20.2 Å². The molecule has 27 heavy (non-hydrogen) atoms. The van der Waals surface area contributed by atoms with Gasteiger partial charge in [-0.15, -0.1) is 0 Å². The molecule has 2 aromatic rings. The summed E-state index contributed by atoms with van der Waals surface area (Å²) in [6.07, 6.45) is 0.118. The van der Waals surface area contributed by atoms with Gasteiger partial charge in [0.05, 0.1) is 0 Å². The van der Waals surface area contributed by atoms with Gasteiger partial charge < -0.3 is 0 Å². The summed E-state index contributed by atoms with van der Waals surface area (Å²) in [7, 11) is -4.84. The van der Waals surface area contributed by atoms with E-state index in [1.807, 2.05) is 0 Å². The van der Waals surface area contributed by atoms with Crippen LogP contribution in [0, 0.1) is 48.7 Å². The Morgan fingerprint density at radius 3 is 1.11 bits per heavy atom. The zero-order chi connectivity index (χ0) is 21.2. The molecule has 0 unspecified atom stereocenters. The number of rotatable bonds is 2. The predicted octanol–water partition coefficient (Wildman–Crippen LogP) is 2.22. The van der Waals surface area contributed by atoms with Crippen molar-refractivity contribution in [1.82, 2.24) is 0 Å². The maximum absolute atomic E-state index is 11.0. The average molecular weight is 513 g/mol. The molecule has 2 aromatic carbocycles. The first kappa shape index (κ1) is 23.9.